The summed E-state index contributed by atoms with van der Waals surface area (Å²) < 4.78 is 13.6. The van der Waals surface area contributed by atoms with Crippen molar-refractivity contribution in [2.24, 2.45) is 0 Å². The maximum Gasteiger partial charge on any atom is 0.131 e. The van der Waals surface area contributed by atoms with Gasteiger partial charge in [-0.05, 0) is 26.8 Å². The summed E-state index contributed by atoms with van der Waals surface area (Å²) >= 11 is 0. The van der Waals surface area contributed by atoms with Crippen LogP contribution in [0.25, 0.3) is 0 Å². The minimum atomic E-state index is -1.01. The summed E-state index contributed by atoms with van der Waals surface area (Å²) in [4.78, 5) is 2.17. The molecule has 0 aromatic rings. The van der Waals surface area contributed by atoms with Crippen molar-refractivity contribution in [1.82, 2.24) is 4.90 Å². The largest absolute Gasteiger partial charge is 0.306 e. The average Bonchev–Trinajstić information content (AvgIpc) is 1.97. The monoisotopic (exact) mass is 157 g/mol. The van der Waals surface area contributed by atoms with Gasteiger partial charge in [-0.15, -0.1) is 0 Å². The van der Waals surface area contributed by atoms with Crippen LogP contribution in [0.1, 0.15) is 19.8 Å². The first-order chi connectivity index (χ1) is 5.16. The molecule has 0 bridgehead atoms. The Kier molecular flexibility index (Phi) is 2.66. The van der Waals surface area contributed by atoms with Crippen LogP contribution in [0.5, 0.6) is 0 Å². The lowest BCUT2D eigenvalue weighted by Crippen LogP contribution is -2.38. The lowest BCUT2D eigenvalue weighted by Gasteiger charge is -2.32. The Balaban J connectivity index is 2.48. The van der Waals surface area contributed by atoms with Crippen LogP contribution < -0.4 is 0 Å². The van der Waals surface area contributed by atoms with Gasteiger partial charge in [-0.25, -0.2) is 4.39 Å². The Morgan fingerprint density at radius 1 is 1.36 bits per heavy atom. The Morgan fingerprint density at radius 3 is 2.36 bits per heavy atom. The van der Waals surface area contributed by atoms with E-state index in [1.165, 1.54) is 0 Å². The molecule has 0 N–H and O–H groups in total. The Bertz CT molecular complexity index is 146. The summed E-state index contributed by atoms with van der Waals surface area (Å²) in [6.45, 7) is 3.63. The number of hydrogen-bond acceptors (Lipinski definition) is 1. The van der Waals surface area contributed by atoms with Gasteiger partial charge in [0.2, 0.25) is 0 Å². The van der Waals surface area contributed by atoms with Gasteiger partial charge in [0, 0.05) is 13.1 Å². The first-order valence-corrected chi connectivity index (χ1v) is 4.18. The summed E-state index contributed by atoms with van der Waals surface area (Å²) in [6.07, 6.45) is 4.80. The van der Waals surface area contributed by atoms with Gasteiger partial charge in [0.15, 0.2) is 0 Å². The summed E-state index contributed by atoms with van der Waals surface area (Å²) in [5, 5.41) is 0. The van der Waals surface area contributed by atoms with Crippen molar-refractivity contribution in [3.63, 3.8) is 0 Å². The van der Waals surface area contributed by atoms with E-state index in [0.29, 0.717) is 12.8 Å². The van der Waals surface area contributed by atoms with E-state index in [-0.39, 0.29) is 0 Å². The van der Waals surface area contributed by atoms with Crippen molar-refractivity contribution in [3.05, 3.63) is 12.2 Å². The Labute approximate surface area is 67.9 Å². The zero-order chi connectivity index (χ0) is 8.32. The second-order valence-corrected chi connectivity index (χ2v) is 3.34. The Morgan fingerprint density at radius 2 is 1.91 bits per heavy atom. The molecule has 1 aliphatic rings. The molecule has 0 radical (unpaired) electrons. The molecule has 1 saturated heterocycles. The van der Waals surface area contributed by atoms with E-state index in [9.17, 15) is 4.39 Å². The molecule has 1 heterocycles. The van der Waals surface area contributed by atoms with E-state index in [2.05, 4.69) is 4.90 Å². The predicted octanol–water partition coefficient (Wildman–Crippen LogP) is 2.00. The molecule has 0 aromatic heterocycles. The van der Waals surface area contributed by atoms with Crippen LogP contribution in [-0.4, -0.2) is 30.7 Å². The van der Waals surface area contributed by atoms with Crippen LogP contribution in [0.2, 0.25) is 0 Å². The molecule has 11 heavy (non-hydrogen) atoms. The molecule has 1 nitrogen and oxygen atoms in total. The normalized spacial score (nSPS) is 26.1. The van der Waals surface area contributed by atoms with Crippen molar-refractivity contribution in [2.45, 2.75) is 25.4 Å². The van der Waals surface area contributed by atoms with Crippen LogP contribution in [0.15, 0.2) is 12.2 Å². The molecular formula is C9H16FN. The second-order valence-electron chi connectivity index (χ2n) is 3.34. The minimum absolute atomic E-state index is 0.647. The molecule has 2 heteroatoms. The van der Waals surface area contributed by atoms with E-state index in [0.717, 1.165) is 13.1 Å². The molecular weight excluding hydrogens is 141 g/mol. The molecule has 0 amide bonds. The predicted molar refractivity (Wildman–Crippen MR) is 45.4 cm³/mol. The van der Waals surface area contributed by atoms with E-state index < -0.39 is 5.67 Å². The minimum Gasteiger partial charge on any atom is -0.306 e. The highest BCUT2D eigenvalue weighted by Gasteiger charge is 2.29. The van der Waals surface area contributed by atoms with Crippen molar-refractivity contribution in [2.75, 3.05) is 20.1 Å². The summed E-state index contributed by atoms with van der Waals surface area (Å²) in [7, 11) is 2.04. The van der Waals surface area contributed by atoms with Crippen molar-refractivity contribution in [1.29, 1.82) is 0 Å². The quantitative estimate of drug-likeness (QED) is 0.526. The molecule has 0 saturated carbocycles. The van der Waals surface area contributed by atoms with Crippen LogP contribution in [0.4, 0.5) is 4.39 Å². The molecule has 1 aliphatic heterocycles. The average molecular weight is 157 g/mol. The SMILES string of the molecule is C/C=C/C1(F)CCN(C)CC1. The highest BCUT2D eigenvalue weighted by atomic mass is 19.1. The number of allylic oxidation sites excluding steroid dienone is 2. The summed E-state index contributed by atoms with van der Waals surface area (Å²) in [5.41, 5.74) is -1.01. The number of hydrogen-bond donors (Lipinski definition) is 0. The van der Waals surface area contributed by atoms with Crippen LogP contribution >= 0.6 is 0 Å². The van der Waals surface area contributed by atoms with Crippen molar-refractivity contribution in [3.8, 4) is 0 Å². The molecule has 1 fully saturated rings. The van der Waals surface area contributed by atoms with Gasteiger partial charge in [0.05, 0.1) is 0 Å². The number of halogens is 1. The maximum atomic E-state index is 13.6. The zero-order valence-electron chi connectivity index (χ0n) is 7.31. The van der Waals surface area contributed by atoms with Crippen LogP contribution in [-0.2, 0) is 0 Å². The van der Waals surface area contributed by atoms with E-state index in [1.807, 2.05) is 20.0 Å². The molecule has 64 valence electrons. The fourth-order valence-corrected chi connectivity index (χ4v) is 1.46. The summed E-state index contributed by atoms with van der Waals surface area (Å²) in [6, 6.07) is 0. The lowest BCUT2D eigenvalue weighted by atomic mass is 9.93. The third-order valence-electron chi connectivity index (χ3n) is 2.28. The standard InChI is InChI=1S/C9H16FN/c1-3-4-9(10)5-7-11(2)8-6-9/h3-4H,5-8H2,1-2H3/b4-3+. The third-order valence-corrected chi connectivity index (χ3v) is 2.28. The highest BCUT2D eigenvalue weighted by Crippen LogP contribution is 2.26. The van der Waals surface area contributed by atoms with E-state index in [1.54, 1.807) is 6.08 Å². The molecule has 0 atom stereocenters. The highest BCUT2D eigenvalue weighted by molar-refractivity contribution is 5.02. The van der Waals surface area contributed by atoms with Gasteiger partial charge in [0.1, 0.15) is 5.67 Å². The van der Waals surface area contributed by atoms with Crippen LogP contribution in [0.3, 0.4) is 0 Å². The molecule has 0 aromatic carbocycles. The van der Waals surface area contributed by atoms with Gasteiger partial charge in [-0.1, -0.05) is 12.2 Å². The van der Waals surface area contributed by atoms with Crippen molar-refractivity contribution >= 4 is 0 Å². The lowest BCUT2D eigenvalue weighted by molar-refractivity contribution is 0.112. The van der Waals surface area contributed by atoms with Gasteiger partial charge >= 0.3 is 0 Å². The fraction of sp³-hybridized carbons (Fsp3) is 0.778. The number of alkyl halides is 1. The van der Waals surface area contributed by atoms with E-state index in [4.69, 9.17) is 0 Å². The first-order valence-electron chi connectivity index (χ1n) is 4.18. The van der Waals surface area contributed by atoms with Gasteiger partial charge in [-0.3, -0.25) is 0 Å². The van der Waals surface area contributed by atoms with E-state index >= 15 is 0 Å². The van der Waals surface area contributed by atoms with Gasteiger partial charge in [0.25, 0.3) is 0 Å². The van der Waals surface area contributed by atoms with Crippen LogP contribution in [0, 0.1) is 0 Å². The zero-order valence-corrected chi connectivity index (χ0v) is 7.31. The first kappa shape index (κ1) is 8.72. The molecule has 1 rings (SSSR count). The van der Waals surface area contributed by atoms with Crippen molar-refractivity contribution < 1.29 is 4.39 Å². The number of likely N-dealkylation sites (tertiary alicyclic amines) is 1. The Hall–Kier alpha value is -0.370. The third kappa shape index (κ3) is 2.29. The van der Waals surface area contributed by atoms with Gasteiger partial charge < -0.3 is 4.90 Å². The molecule has 0 spiro atoms. The number of rotatable bonds is 1. The topological polar surface area (TPSA) is 3.24 Å². The smallest absolute Gasteiger partial charge is 0.131 e. The molecule has 0 aliphatic carbocycles. The maximum absolute atomic E-state index is 13.6. The summed E-state index contributed by atoms with van der Waals surface area (Å²) in [5.74, 6) is 0. The molecule has 0 unspecified atom stereocenters. The number of piperidine rings is 1. The number of nitrogens with zero attached hydrogens (tertiary/aromatic N) is 1. The second kappa shape index (κ2) is 3.35. The van der Waals surface area contributed by atoms with Gasteiger partial charge in [-0.2, -0.15) is 0 Å². The fourth-order valence-electron chi connectivity index (χ4n) is 1.46.